The van der Waals surface area contributed by atoms with Gasteiger partial charge in [-0.05, 0) is 0 Å². The average molecular weight is 152 g/mol. The van der Waals surface area contributed by atoms with E-state index in [4.69, 9.17) is 5.73 Å². The van der Waals surface area contributed by atoms with Gasteiger partial charge in [-0.25, -0.2) is 0 Å². The second-order valence-corrected chi connectivity index (χ2v) is 2.19. The first-order chi connectivity index (χ1) is 5.18. The highest BCUT2D eigenvalue weighted by Crippen LogP contribution is 1.88. The third kappa shape index (κ3) is 2.25. The summed E-state index contributed by atoms with van der Waals surface area (Å²) < 4.78 is 0. The van der Waals surface area contributed by atoms with Crippen molar-refractivity contribution < 1.29 is 4.79 Å². The molecule has 0 saturated heterocycles. The van der Waals surface area contributed by atoms with E-state index in [-0.39, 0.29) is 11.8 Å². The maximum atomic E-state index is 10.7. The van der Waals surface area contributed by atoms with Crippen molar-refractivity contribution >= 4 is 5.91 Å². The van der Waals surface area contributed by atoms with E-state index in [0.29, 0.717) is 5.69 Å². The van der Waals surface area contributed by atoms with Crippen molar-refractivity contribution in [1.29, 1.82) is 0 Å². The summed E-state index contributed by atoms with van der Waals surface area (Å²) in [4.78, 5) is 23.8. The van der Waals surface area contributed by atoms with Crippen LogP contribution in [0.25, 0.3) is 0 Å². The molecule has 0 aliphatic rings. The molecule has 0 aliphatic carbocycles. The van der Waals surface area contributed by atoms with Crippen molar-refractivity contribution in [2.45, 2.75) is 6.42 Å². The van der Waals surface area contributed by atoms with Crippen LogP contribution in [-0.2, 0) is 11.2 Å². The highest BCUT2D eigenvalue weighted by Gasteiger charge is 1.97. The Balaban J connectivity index is 2.88. The van der Waals surface area contributed by atoms with Crippen LogP contribution in [0.4, 0.5) is 0 Å². The predicted molar refractivity (Wildman–Crippen MR) is 40.0 cm³/mol. The van der Waals surface area contributed by atoms with E-state index in [9.17, 15) is 9.59 Å². The number of hydrogen-bond acceptors (Lipinski definition) is 2. The molecular weight excluding hydrogens is 144 g/mol. The van der Waals surface area contributed by atoms with Crippen molar-refractivity contribution in [3.05, 3.63) is 34.2 Å². The maximum Gasteiger partial charge on any atom is 0.223 e. The number of carbonyl (C=O) groups excluding carboxylic acids is 1. The number of hydrogen-bond donors (Lipinski definition) is 2. The van der Waals surface area contributed by atoms with Gasteiger partial charge in [-0.3, -0.25) is 9.59 Å². The molecule has 0 fully saturated rings. The SMILES string of the molecule is NC(=O)Cc1cc(=O)cc[nH]1. The number of carbonyl (C=O) groups is 1. The number of aromatic amines is 1. The first kappa shape index (κ1) is 7.53. The van der Waals surface area contributed by atoms with Crippen molar-refractivity contribution in [3.63, 3.8) is 0 Å². The Morgan fingerprint density at radius 1 is 1.64 bits per heavy atom. The van der Waals surface area contributed by atoms with Gasteiger partial charge in [0.2, 0.25) is 5.91 Å². The van der Waals surface area contributed by atoms with Gasteiger partial charge in [0, 0.05) is 24.0 Å². The van der Waals surface area contributed by atoms with Gasteiger partial charge in [-0.2, -0.15) is 0 Å². The van der Waals surface area contributed by atoms with Gasteiger partial charge in [0.15, 0.2) is 5.43 Å². The molecule has 0 aromatic carbocycles. The van der Waals surface area contributed by atoms with E-state index in [2.05, 4.69) is 4.98 Å². The molecule has 11 heavy (non-hydrogen) atoms. The van der Waals surface area contributed by atoms with Crippen LogP contribution in [0.2, 0.25) is 0 Å². The smallest absolute Gasteiger partial charge is 0.223 e. The Kier molecular flexibility index (Phi) is 2.06. The number of pyridine rings is 1. The van der Waals surface area contributed by atoms with Crippen LogP contribution in [0.3, 0.4) is 0 Å². The number of nitrogens with one attached hydrogen (secondary N) is 1. The summed E-state index contributed by atoms with van der Waals surface area (Å²) in [5, 5.41) is 0. The normalized spacial score (nSPS) is 9.45. The van der Waals surface area contributed by atoms with E-state index in [0.717, 1.165) is 0 Å². The lowest BCUT2D eigenvalue weighted by Gasteiger charge is -1.94. The average Bonchev–Trinajstić information content (AvgIpc) is 1.85. The Labute approximate surface area is 63.0 Å². The summed E-state index contributed by atoms with van der Waals surface area (Å²) in [7, 11) is 0. The Hall–Kier alpha value is -1.58. The second kappa shape index (κ2) is 3.01. The highest BCUT2D eigenvalue weighted by molar-refractivity contribution is 5.75. The van der Waals surface area contributed by atoms with Crippen LogP contribution in [0.1, 0.15) is 5.69 Å². The van der Waals surface area contributed by atoms with Crippen LogP contribution in [0, 0.1) is 0 Å². The molecule has 4 heteroatoms. The summed E-state index contributed by atoms with van der Waals surface area (Å²) >= 11 is 0. The van der Waals surface area contributed by atoms with Gasteiger partial charge in [0.25, 0.3) is 0 Å². The zero-order chi connectivity index (χ0) is 8.27. The fourth-order valence-electron chi connectivity index (χ4n) is 0.782. The van der Waals surface area contributed by atoms with E-state index in [1.807, 2.05) is 0 Å². The van der Waals surface area contributed by atoms with Crippen LogP contribution in [0.5, 0.6) is 0 Å². The minimum atomic E-state index is -0.452. The minimum absolute atomic E-state index is 0.0794. The second-order valence-electron chi connectivity index (χ2n) is 2.19. The number of primary amides is 1. The third-order valence-electron chi connectivity index (χ3n) is 1.20. The molecule has 4 nitrogen and oxygen atoms in total. The lowest BCUT2D eigenvalue weighted by Crippen LogP contribution is -2.15. The Morgan fingerprint density at radius 2 is 2.36 bits per heavy atom. The molecule has 0 radical (unpaired) electrons. The van der Waals surface area contributed by atoms with Crippen molar-refractivity contribution in [3.8, 4) is 0 Å². The third-order valence-corrected chi connectivity index (χ3v) is 1.20. The number of aromatic nitrogens is 1. The molecule has 1 amide bonds. The molecule has 58 valence electrons. The van der Waals surface area contributed by atoms with Crippen LogP contribution >= 0.6 is 0 Å². The molecule has 1 rings (SSSR count). The fraction of sp³-hybridized carbons (Fsp3) is 0.143. The minimum Gasteiger partial charge on any atom is -0.369 e. The lowest BCUT2D eigenvalue weighted by atomic mass is 10.2. The van der Waals surface area contributed by atoms with Gasteiger partial charge in [-0.15, -0.1) is 0 Å². The number of H-pyrrole nitrogens is 1. The van der Waals surface area contributed by atoms with Crippen molar-refractivity contribution in [2.24, 2.45) is 5.73 Å². The number of nitrogens with two attached hydrogens (primary N) is 1. The summed E-state index contributed by atoms with van der Waals surface area (Å²) in [5.74, 6) is -0.452. The Morgan fingerprint density at radius 3 is 2.91 bits per heavy atom. The predicted octanol–water partition coefficient (Wildman–Crippen LogP) is -0.597. The molecule has 0 aliphatic heterocycles. The van der Waals surface area contributed by atoms with Crippen LogP contribution in [0.15, 0.2) is 23.1 Å². The van der Waals surface area contributed by atoms with Crippen molar-refractivity contribution in [1.82, 2.24) is 4.98 Å². The zero-order valence-electron chi connectivity index (χ0n) is 5.83. The first-order valence-corrected chi connectivity index (χ1v) is 3.14. The van der Waals surface area contributed by atoms with Gasteiger partial charge in [0.1, 0.15) is 0 Å². The topological polar surface area (TPSA) is 76.0 Å². The summed E-state index contributed by atoms with van der Waals surface area (Å²) in [6.07, 6.45) is 1.57. The van der Waals surface area contributed by atoms with Crippen molar-refractivity contribution in [2.75, 3.05) is 0 Å². The molecular formula is C7H8N2O2. The van der Waals surface area contributed by atoms with E-state index in [1.165, 1.54) is 18.3 Å². The van der Waals surface area contributed by atoms with E-state index >= 15 is 0 Å². The number of amides is 1. The van der Waals surface area contributed by atoms with Gasteiger partial charge in [0.05, 0.1) is 6.42 Å². The molecule has 1 aromatic heterocycles. The monoisotopic (exact) mass is 152 g/mol. The molecule has 1 aromatic rings. The molecule has 0 spiro atoms. The largest absolute Gasteiger partial charge is 0.369 e. The fourth-order valence-corrected chi connectivity index (χ4v) is 0.782. The maximum absolute atomic E-state index is 10.7. The molecule has 3 N–H and O–H groups in total. The molecule has 0 unspecified atom stereocenters. The van der Waals surface area contributed by atoms with E-state index < -0.39 is 5.91 Å². The van der Waals surface area contributed by atoms with Gasteiger partial charge in [-0.1, -0.05) is 0 Å². The van der Waals surface area contributed by atoms with Gasteiger partial charge < -0.3 is 10.7 Å². The quantitative estimate of drug-likeness (QED) is 0.593. The summed E-state index contributed by atoms with van der Waals surface area (Å²) in [6, 6.07) is 2.73. The molecule has 1 heterocycles. The van der Waals surface area contributed by atoms with Gasteiger partial charge >= 0.3 is 0 Å². The summed E-state index contributed by atoms with van der Waals surface area (Å²) in [6.45, 7) is 0. The standard InChI is InChI=1S/C7H8N2O2/c8-7(11)4-5-3-6(10)1-2-9-5/h1-3H,4H2,(H2,8,11)(H,9,10). The van der Waals surface area contributed by atoms with Crippen LogP contribution in [-0.4, -0.2) is 10.9 Å². The molecule has 0 atom stereocenters. The highest BCUT2D eigenvalue weighted by atomic mass is 16.1. The molecule has 0 saturated carbocycles. The zero-order valence-corrected chi connectivity index (χ0v) is 5.83. The van der Waals surface area contributed by atoms with Crippen LogP contribution < -0.4 is 11.2 Å². The Bertz CT molecular complexity index is 316. The lowest BCUT2D eigenvalue weighted by molar-refractivity contribution is -0.117. The molecule has 0 bridgehead atoms. The van der Waals surface area contributed by atoms with E-state index in [1.54, 1.807) is 0 Å². The summed E-state index contributed by atoms with van der Waals surface area (Å²) in [5.41, 5.74) is 5.33. The first-order valence-electron chi connectivity index (χ1n) is 3.14. The number of rotatable bonds is 2.